The molecule has 554 valence electrons. The zero-order chi connectivity index (χ0) is 72.8. The van der Waals surface area contributed by atoms with Crippen molar-refractivity contribution in [1.82, 2.24) is 87.6 Å². The number of hydrogen-bond donors (Lipinski definition) is 14. The van der Waals surface area contributed by atoms with Crippen molar-refractivity contribution < 1.29 is 108 Å². The molecular formula is C49H61N23O27P4. The molecule has 50 nitrogen and oxygen atoms in total. The maximum atomic E-state index is 14.3. The lowest BCUT2D eigenvalue weighted by molar-refractivity contribution is -0.0638. The van der Waals surface area contributed by atoms with E-state index in [1.807, 2.05) is 0 Å². The van der Waals surface area contributed by atoms with Gasteiger partial charge in [0.1, 0.15) is 104 Å². The van der Waals surface area contributed by atoms with Gasteiger partial charge in [0.05, 0.1) is 64.4 Å². The third-order valence-corrected chi connectivity index (χ3v) is 21.0. The van der Waals surface area contributed by atoms with Crippen molar-refractivity contribution in [3.8, 4) is 0 Å². The van der Waals surface area contributed by atoms with Crippen molar-refractivity contribution >= 4 is 105 Å². The van der Waals surface area contributed by atoms with E-state index in [2.05, 4.69) is 64.8 Å². The van der Waals surface area contributed by atoms with Gasteiger partial charge in [-0.1, -0.05) is 0 Å². The second kappa shape index (κ2) is 27.9. The number of H-pyrrole nitrogens is 3. The number of aromatic amines is 3. The van der Waals surface area contributed by atoms with Gasteiger partial charge in [-0.15, -0.1) is 0 Å². The van der Waals surface area contributed by atoms with E-state index < -0.39 is 198 Å². The van der Waals surface area contributed by atoms with Crippen LogP contribution in [0.3, 0.4) is 0 Å². The maximum absolute atomic E-state index is 14.3. The van der Waals surface area contributed by atoms with Crippen molar-refractivity contribution in [2.24, 2.45) is 0 Å². The Morgan fingerprint density at radius 1 is 0.447 bits per heavy atom. The molecule has 5 saturated heterocycles. The molecule has 19 N–H and O–H groups in total. The number of nitrogens with one attached hydrogen (secondary N) is 3. The van der Waals surface area contributed by atoms with Crippen LogP contribution < -0.4 is 51.0 Å². The zero-order valence-electron chi connectivity index (χ0n) is 52.4. The van der Waals surface area contributed by atoms with Crippen LogP contribution in [-0.4, -0.2) is 211 Å². The summed E-state index contributed by atoms with van der Waals surface area (Å²) in [6.45, 7) is -4.54. The van der Waals surface area contributed by atoms with E-state index >= 15 is 0 Å². The molecule has 0 radical (unpaired) electrons. The Morgan fingerprint density at radius 3 is 1.18 bits per heavy atom. The highest BCUT2D eigenvalue weighted by Crippen LogP contribution is 2.55. The first-order valence-corrected chi connectivity index (χ1v) is 36.6. The average Bonchev–Trinajstić information content (AvgIpc) is 1.65. The van der Waals surface area contributed by atoms with Crippen LogP contribution >= 0.6 is 31.3 Å². The van der Waals surface area contributed by atoms with E-state index in [4.69, 9.17) is 88.5 Å². The van der Waals surface area contributed by atoms with E-state index in [1.54, 1.807) is 0 Å². The Balaban J connectivity index is 0.665. The number of aliphatic hydroxyl groups excluding tert-OH is 2. The highest BCUT2D eigenvalue weighted by Gasteiger charge is 2.50. The van der Waals surface area contributed by atoms with Crippen LogP contribution in [-0.2, 0) is 78.1 Å². The number of nitrogens with two attached hydrogens (primary N) is 5. The number of hydrogen-bond acceptors (Lipinski definition) is 38. The molecule has 5 aliphatic heterocycles. The van der Waals surface area contributed by atoms with E-state index in [9.17, 15) is 67.2 Å². The lowest BCUT2D eigenvalue weighted by Gasteiger charge is -2.25. The number of aliphatic hydroxyl groups is 2. The predicted octanol–water partition coefficient (Wildman–Crippen LogP) is -2.81. The Bertz CT molecular complexity index is 5170. The molecule has 9 aromatic rings. The molecule has 0 aromatic carbocycles. The summed E-state index contributed by atoms with van der Waals surface area (Å²) in [7, 11) is -21.6. The van der Waals surface area contributed by atoms with Crippen molar-refractivity contribution in [1.29, 1.82) is 0 Å². The van der Waals surface area contributed by atoms with Gasteiger partial charge in [-0.2, -0.15) is 19.9 Å². The predicted molar refractivity (Wildman–Crippen MR) is 339 cm³/mol. The number of ether oxygens (including phenoxy) is 5. The number of phosphoric ester groups is 4. The molecular weight excluding hydrogens is 1470 g/mol. The molecule has 0 amide bonds. The van der Waals surface area contributed by atoms with Gasteiger partial charge >= 0.3 is 37.0 Å². The SMILES string of the molecule is Nc1ccn([C@H]2C[C@H](OP(=O)(O)OC[C@H]3O[C@@H](n4cnc5c(=O)[nH]c(N)nc54)C[C@@H]3OP(=O)(O)OC[C@H]3O[C@@H](n4cnc5c(=O)[nH]c(N)nc54)C[C@@H]3O)[C@@H](COP(=O)(O)O[C@H]3C[C@H](n4cnc5c(=O)[nH]c(N)nc54)O[C@@H]3COP(=O)(O)O[C@H]3C[C@H](n4cnc5c(N)ncnc54)O[C@@H]3CO)O2)c(=O)n1. The molecule has 0 spiro atoms. The van der Waals surface area contributed by atoms with Gasteiger partial charge in [0.25, 0.3) is 16.7 Å². The minimum absolute atomic E-state index is 0.0107. The summed E-state index contributed by atoms with van der Waals surface area (Å²) in [5.41, 5.74) is 25.6. The number of fused-ring (bicyclic) bond motifs is 4. The third-order valence-electron chi connectivity index (χ3n) is 16.9. The topological polar surface area (TPSA) is 709 Å². The molecule has 0 bridgehead atoms. The Hall–Kier alpha value is -8.36. The van der Waals surface area contributed by atoms with Crippen molar-refractivity contribution in [3.05, 3.63) is 85.4 Å². The second-order valence-electron chi connectivity index (χ2n) is 23.7. The quantitative estimate of drug-likeness (QED) is 0.0243. The van der Waals surface area contributed by atoms with E-state index in [0.717, 1.165) is 23.4 Å². The standard InChI is InChI=1S/C49H61N23O27P4/c50-28-1-2-68(49(78)61-28)30-5-20(97-102(83,84)90-12-27-21(6-32(95-27)71-16-59-36-41(71)63-47(53)66-44(36)76)98-100(79,80)87-9-24-18(74)3-29(92-24)70-15-58-35-40(70)62-46(52)65-43(35)75)25(93-30)10-89-103(85,86)99-22-7-33(72-17-60-37-42(72)64-48(54)67-45(37)77)94-26(22)11-88-101(81,82)96-19-4-31(91-23(19)8-73)69-14-57-34-38(51)55-13-56-39(34)69/h1-2,13-27,29-33,73-74H,3-12H2,(H,79,80)(H,81,82)(H,83,84)(H,85,86)(H2,50,61,78)(H2,51,55,56)(H3,52,62,65,75)(H3,53,63,66,76)(H3,54,64,67,77)/t18-,19-,20-,21-,22-,23+,24+,25+,26+,27+,29+,30+,31+,32+,33+/m0/s1. The fraction of sp³-hybridized carbons (Fsp3) is 0.510. The monoisotopic (exact) mass is 1530 g/mol. The number of aromatic nitrogens is 18. The summed E-state index contributed by atoms with van der Waals surface area (Å²) in [6, 6.07) is 1.21. The second-order valence-corrected chi connectivity index (χ2v) is 29.3. The first kappa shape index (κ1) is 71.6. The smallest absolute Gasteiger partial charge is 0.394 e. The van der Waals surface area contributed by atoms with Crippen molar-refractivity contribution in [2.75, 3.05) is 61.7 Å². The fourth-order valence-electron chi connectivity index (χ4n) is 12.2. The maximum Gasteiger partial charge on any atom is 0.472 e. The summed E-state index contributed by atoms with van der Waals surface area (Å²) in [5, 5.41) is 21.2. The molecule has 0 saturated carbocycles. The van der Waals surface area contributed by atoms with Crippen molar-refractivity contribution in [3.63, 3.8) is 0 Å². The minimum Gasteiger partial charge on any atom is -0.394 e. The molecule has 19 atom stereocenters. The third kappa shape index (κ3) is 15.0. The normalized spacial score (nSPS) is 29.1. The van der Waals surface area contributed by atoms with Crippen LogP contribution in [0.1, 0.15) is 63.2 Å². The largest absolute Gasteiger partial charge is 0.472 e. The van der Waals surface area contributed by atoms with Gasteiger partial charge in [0, 0.05) is 38.3 Å². The molecule has 54 heteroatoms. The molecule has 103 heavy (non-hydrogen) atoms. The summed E-state index contributed by atoms with van der Waals surface area (Å²) in [5.74, 6) is -1.06. The number of nitrogens with zero attached hydrogens (tertiary/aromatic N) is 15. The molecule has 0 aliphatic carbocycles. The number of anilines is 5. The fourth-order valence-corrected chi connectivity index (χ4v) is 16.1. The molecule has 14 heterocycles. The number of phosphoric acid groups is 4. The van der Waals surface area contributed by atoms with Gasteiger partial charge in [0.15, 0.2) is 45.0 Å². The summed E-state index contributed by atoms with van der Waals surface area (Å²) < 4.78 is 136. The number of imidazole rings is 4. The van der Waals surface area contributed by atoms with Crippen LogP contribution in [0.25, 0.3) is 44.7 Å². The summed E-state index contributed by atoms with van der Waals surface area (Å²) in [4.78, 5) is 144. The average molecular weight is 1530 g/mol. The summed E-state index contributed by atoms with van der Waals surface area (Å²) in [6.07, 6.45) is -15.8. The first-order valence-electron chi connectivity index (χ1n) is 30.6. The molecule has 5 aliphatic rings. The van der Waals surface area contributed by atoms with Crippen molar-refractivity contribution in [2.45, 2.75) is 124 Å². The Labute approximate surface area is 570 Å². The van der Waals surface area contributed by atoms with E-state index in [1.165, 1.54) is 43.3 Å². The van der Waals surface area contributed by atoms with Crippen LogP contribution in [0.5, 0.6) is 0 Å². The van der Waals surface area contributed by atoms with Gasteiger partial charge in [-0.3, -0.25) is 88.4 Å². The van der Waals surface area contributed by atoms with E-state index in [-0.39, 0.29) is 87.0 Å². The highest BCUT2D eigenvalue weighted by atomic mass is 31.2. The van der Waals surface area contributed by atoms with Gasteiger partial charge in [0.2, 0.25) is 17.8 Å². The molecule has 5 fully saturated rings. The van der Waals surface area contributed by atoms with E-state index in [0.29, 0.717) is 0 Å². The van der Waals surface area contributed by atoms with Crippen LogP contribution in [0.4, 0.5) is 29.5 Å². The van der Waals surface area contributed by atoms with Crippen LogP contribution in [0, 0.1) is 0 Å². The number of rotatable bonds is 26. The minimum atomic E-state index is -5.53. The number of nitrogen functional groups attached to an aromatic ring is 5. The van der Waals surface area contributed by atoms with Gasteiger partial charge < -0.3 is 82.1 Å². The molecule has 14 rings (SSSR count). The Kier molecular flexibility index (Phi) is 19.4. The van der Waals surface area contributed by atoms with Gasteiger partial charge in [-0.05, 0) is 6.07 Å². The highest BCUT2D eigenvalue weighted by molar-refractivity contribution is 7.48. The lowest BCUT2D eigenvalue weighted by atomic mass is 10.2. The molecule has 4 unspecified atom stereocenters. The lowest BCUT2D eigenvalue weighted by Crippen LogP contribution is -2.32. The van der Waals surface area contributed by atoms with Crippen LogP contribution in [0.15, 0.2) is 63.1 Å². The Morgan fingerprint density at radius 2 is 0.786 bits per heavy atom. The first-order chi connectivity index (χ1) is 48.9. The summed E-state index contributed by atoms with van der Waals surface area (Å²) >= 11 is 0. The van der Waals surface area contributed by atoms with Crippen LogP contribution in [0.2, 0.25) is 0 Å². The zero-order valence-corrected chi connectivity index (χ0v) is 56.0. The molecule has 9 aromatic heterocycles. The van der Waals surface area contributed by atoms with Gasteiger partial charge in [-0.25, -0.2) is 53.0 Å².